The van der Waals surface area contributed by atoms with E-state index in [1.807, 2.05) is 33.8 Å². The predicted octanol–water partition coefficient (Wildman–Crippen LogP) is 1.89. The summed E-state index contributed by atoms with van der Waals surface area (Å²) >= 11 is 0. The Hall–Kier alpha value is -1.58. The minimum absolute atomic E-state index is 0.0756. The standard InChI is InChI=1S/C14H18BFN2O2/c1-8-6-10(9(7-17)12(18)11(8)16)15-19-13(2,3)14(4,5)20-15/h6H,18H2,1-5H3. The van der Waals surface area contributed by atoms with Gasteiger partial charge in [0.25, 0.3) is 0 Å². The third kappa shape index (κ3) is 2.07. The second-order valence-corrected chi connectivity index (χ2v) is 6.09. The van der Waals surface area contributed by atoms with E-state index < -0.39 is 24.1 Å². The highest BCUT2D eigenvalue weighted by Crippen LogP contribution is 2.37. The molecule has 0 aliphatic carbocycles. The third-order valence-electron chi connectivity index (χ3n) is 4.13. The predicted molar refractivity (Wildman–Crippen MR) is 76.0 cm³/mol. The van der Waals surface area contributed by atoms with Gasteiger partial charge in [-0.25, -0.2) is 4.39 Å². The van der Waals surface area contributed by atoms with Gasteiger partial charge in [0.1, 0.15) is 11.9 Å². The third-order valence-corrected chi connectivity index (χ3v) is 4.13. The fraction of sp³-hybridized carbons (Fsp3) is 0.500. The first-order valence-corrected chi connectivity index (χ1v) is 6.45. The lowest BCUT2D eigenvalue weighted by Gasteiger charge is -2.32. The van der Waals surface area contributed by atoms with Crippen molar-refractivity contribution in [3.63, 3.8) is 0 Å². The summed E-state index contributed by atoms with van der Waals surface area (Å²) < 4.78 is 25.6. The summed E-state index contributed by atoms with van der Waals surface area (Å²) in [6.45, 7) is 9.26. The summed E-state index contributed by atoms with van der Waals surface area (Å²) in [5.41, 5.74) is 5.40. The molecule has 4 nitrogen and oxygen atoms in total. The van der Waals surface area contributed by atoms with Crippen LogP contribution in [0.2, 0.25) is 0 Å². The van der Waals surface area contributed by atoms with Gasteiger partial charge in [-0.1, -0.05) is 6.07 Å². The molecule has 0 aromatic heterocycles. The van der Waals surface area contributed by atoms with E-state index in [9.17, 15) is 9.65 Å². The number of anilines is 1. The average Bonchev–Trinajstić information content (AvgIpc) is 2.55. The molecule has 0 spiro atoms. The number of hydrogen-bond donors (Lipinski definition) is 1. The molecule has 0 atom stereocenters. The molecule has 1 aromatic carbocycles. The number of nitriles is 1. The van der Waals surface area contributed by atoms with Crippen molar-refractivity contribution in [3.8, 4) is 6.07 Å². The summed E-state index contributed by atoms with van der Waals surface area (Å²) in [5, 5.41) is 9.23. The molecule has 2 N–H and O–H groups in total. The van der Waals surface area contributed by atoms with Crippen molar-refractivity contribution in [2.75, 3.05) is 5.73 Å². The molecule has 1 fully saturated rings. The molecule has 0 bridgehead atoms. The highest BCUT2D eigenvalue weighted by atomic mass is 19.1. The Morgan fingerprint density at radius 2 is 1.75 bits per heavy atom. The summed E-state index contributed by atoms with van der Waals surface area (Å²) in [6, 6.07) is 3.50. The van der Waals surface area contributed by atoms with E-state index in [0.717, 1.165) is 0 Å². The second kappa shape index (κ2) is 4.47. The van der Waals surface area contributed by atoms with Crippen LogP contribution in [0.25, 0.3) is 0 Å². The van der Waals surface area contributed by atoms with Crippen LogP contribution in [0.1, 0.15) is 38.8 Å². The Balaban J connectivity index is 2.54. The highest BCUT2D eigenvalue weighted by Gasteiger charge is 2.52. The SMILES string of the molecule is Cc1cc(B2OC(C)(C)C(C)(C)O2)c(C#N)c(N)c1F. The average molecular weight is 276 g/mol. The van der Waals surface area contributed by atoms with Gasteiger partial charge in [0.05, 0.1) is 22.5 Å². The van der Waals surface area contributed by atoms with Gasteiger partial charge < -0.3 is 15.0 Å². The van der Waals surface area contributed by atoms with Gasteiger partial charge in [-0.2, -0.15) is 5.26 Å². The smallest absolute Gasteiger partial charge is 0.399 e. The van der Waals surface area contributed by atoms with Crippen LogP contribution >= 0.6 is 0 Å². The lowest BCUT2D eigenvalue weighted by molar-refractivity contribution is 0.00578. The quantitative estimate of drug-likeness (QED) is 0.628. The second-order valence-electron chi connectivity index (χ2n) is 6.09. The fourth-order valence-electron chi connectivity index (χ4n) is 2.13. The van der Waals surface area contributed by atoms with E-state index in [1.54, 1.807) is 13.0 Å². The molecule has 0 unspecified atom stereocenters. The zero-order valence-corrected chi connectivity index (χ0v) is 12.4. The molecule has 106 valence electrons. The summed E-state index contributed by atoms with van der Waals surface area (Å²) in [5.74, 6) is -0.568. The Labute approximate surface area is 118 Å². The number of aryl methyl sites for hydroxylation is 1. The zero-order valence-electron chi connectivity index (χ0n) is 12.4. The zero-order chi connectivity index (χ0) is 15.3. The van der Waals surface area contributed by atoms with Crippen molar-refractivity contribution < 1.29 is 13.7 Å². The van der Waals surface area contributed by atoms with Gasteiger partial charge >= 0.3 is 7.12 Å². The molecule has 6 heteroatoms. The number of nitrogens with two attached hydrogens (primary N) is 1. The van der Waals surface area contributed by atoms with Crippen LogP contribution in [-0.2, 0) is 9.31 Å². The molecule has 0 amide bonds. The van der Waals surface area contributed by atoms with Gasteiger partial charge in [-0.15, -0.1) is 0 Å². The van der Waals surface area contributed by atoms with Crippen molar-refractivity contribution >= 4 is 18.3 Å². The Morgan fingerprint density at radius 3 is 2.20 bits per heavy atom. The van der Waals surface area contributed by atoms with Crippen LogP contribution in [0.5, 0.6) is 0 Å². The van der Waals surface area contributed by atoms with Crippen molar-refractivity contribution in [1.29, 1.82) is 5.26 Å². The molecule has 2 rings (SSSR count). The molecule has 1 aliphatic rings. The Kier molecular flexibility index (Phi) is 3.31. The Bertz CT molecular complexity index is 592. The normalized spacial score (nSPS) is 19.9. The molecule has 1 saturated heterocycles. The summed E-state index contributed by atoms with van der Waals surface area (Å²) in [7, 11) is -0.726. The van der Waals surface area contributed by atoms with Gasteiger partial charge in [0.15, 0.2) is 0 Å². The molecule has 1 aliphatic heterocycles. The van der Waals surface area contributed by atoms with E-state index in [1.165, 1.54) is 0 Å². The lowest BCUT2D eigenvalue weighted by atomic mass is 9.75. The van der Waals surface area contributed by atoms with Crippen molar-refractivity contribution in [3.05, 3.63) is 23.0 Å². The van der Waals surface area contributed by atoms with E-state index in [4.69, 9.17) is 15.0 Å². The maximum atomic E-state index is 13.8. The van der Waals surface area contributed by atoms with Crippen LogP contribution in [0.4, 0.5) is 10.1 Å². The number of nitrogens with zero attached hydrogens (tertiary/aromatic N) is 1. The van der Waals surface area contributed by atoms with Crippen LogP contribution in [0.15, 0.2) is 6.07 Å². The first-order valence-electron chi connectivity index (χ1n) is 6.45. The molecule has 0 radical (unpaired) electrons. The first kappa shape index (κ1) is 14.8. The fourth-order valence-corrected chi connectivity index (χ4v) is 2.13. The maximum Gasteiger partial charge on any atom is 0.496 e. The van der Waals surface area contributed by atoms with Gasteiger partial charge in [0, 0.05) is 5.46 Å². The largest absolute Gasteiger partial charge is 0.496 e. The summed E-state index contributed by atoms with van der Waals surface area (Å²) in [4.78, 5) is 0. The highest BCUT2D eigenvalue weighted by molar-refractivity contribution is 6.63. The Morgan fingerprint density at radius 1 is 1.25 bits per heavy atom. The van der Waals surface area contributed by atoms with Crippen LogP contribution < -0.4 is 11.2 Å². The van der Waals surface area contributed by atoms with E-state index >= 15 is 0 Å². The summed E-state index contributed by atoms with van der Waals surface area (Å²) in [6.07, 6.45) is 0. The first-order chi connectivity index (χ1) is 9.10. The molecule has 1 heterocycles. The molecular weight excluding hydrogens is 258 g/mol. The molecule has 1 aromatic rings. The number of hydrogen-bond acceptors (Lipinski definition) is 4. The molecular formula is C14H18BFN2O2. The lowest BCUT2D eigenvalue weighted by Crippen LogP contribution is -2.41. The van der Waals surface area contributed by atoms with Crippen molar-refractivity contribution in [2.45, 2.75) is 45.8 Å². The van der Waals surface area contributed by atoms with Gasteiger partial charge in [0.2, 0.25) is 0 Å². The van der Waals surface area contributed by atoms with Crippen LogP contribution in [0.3, 0.4) is 0 Å². The monoisotopic (exact) mass is 276 g/mol. The molecule has 20 heavy (non-hydrogen) atoms. The minimum atomic E-state index is -0.726. The molecule has 0 saturated carbocycles. The number of halogens is 1. The minimum Gasteiger partial charge on any atom is -0.399 e. The van der Waals surface area contributed by atoms with Crippen molar-refractivity contribution in [2.24, 2.45) is 0 Å². The maximum absolute atomic E-state index is 13.8. The number of benzene rings is 1. The van der Waals surface area contributed by atoms with Crippen molar-refractivity contribution in [1.82, 2.24) is 0 Å². The van der Waals surface area contributed by atoms with E-state index in [2.05, 4.69) is 0 Å². The van der Waals surface area contributed by atoms with Crippen LogP contribution in [-0.4, -0.2) is 18.3 Å². The van der Waals surface area contributed by atoms with E-state index in [-0.39, 0.29) is 11.3 Å². The topological polar surface area (TPSA) is 68.3 Å². The van der Waals surface area contributed by atoms with Gasteiger partial charge in [-0.05, 0) is 40.2 Å². The number of rotatable bonds is 1. The van der Waals surface area contributed by atoms with E-state index in [0.29, 0.717) is 11.0 Å². The van der Waals surface area contributed by atoms with Gasteiger partial charge in [-0.3, -0.25) is 0 Å². The number of nitrogen functional groups attached to an aromatic ring is 1. The van der Waals surface area contributed by atoms with Crippen LogP contribution in [0, 0.1) is 24.1 Å².